The zero-order valence-electron chi connectivity index (χ0n) is 11.8. The van der Waals surface area contributed by atoms with Crippen molar-refractivity contribution in [3.63, 3.8) is 0 Å². The summed E-state index contributed by atoms with van der Waals surface area (Å²) in [6.45, 7) is 3.64. The number of rotatable bonds is 4. The molecular weight excluding hydrogens is 273 g/mol. The van der Waals surface area contributed by atoms with E-state index < -0.39 is 5.97 Å². The third-order valence-electron chi connectivity index (χ3n) is 2.92. The Morgan fingerprint density at radius 2 is 2.19 bits per heavy atom. The number of aromatic nitrogens is 1. The van der Waals surface area contributed by atoms with E-state index in [0.717, 1.165) is 0 Å². The topological polar surface area (TPSA) is 77.2 Å². The molecule has 0 aliphatic carbocycles. The number of halogens is 1. The fourth-order valence-electron chi connectivity index (χ4n) is 1.77. The molecule has 1 heterocycles. The maximum absolute atomic E-state index is 13.5. The van der Waals surface area contributed by atoms with Gasteiger partial charge >= 0.3 is 5.97 Å². The fraction of sp³-hybridized carbons (Fsp3) is 0.200. The van der Waals surface area contributed by atoms with Crippen LogP contribution in [0.5, 0.6) is 0 Å². The van der Waals surface area contributed by atoms with Crippen molar-refractivity contribution in [3.8, 4) is 0 Å². The molecule has 6 heteroatoms. The number of hydrogen-bond acceptors (Lipinski definition) is 5. The van der Waals surface area contributed by atoms with Gasteiger partial charge in [0.25, 0.3) is 0 Å². The number of pyridine rings is 1. The Kier molecular flexibility index (Phi) is 4.37. The Bertz CT molecular complexity index is 674. The SMILES string of the molecule is CCOC(=O)c1ccnc(Nc2ccc(C)c(F)c2)c1N. The summed E-state index contributed by atoms with van der Waals surface area (Å²) in [5.74, 6) is -0.570. The molecule has 2 aromatic rings. The molecule has 5 nitrogen and oxygen atoms in total. The van der Waals surface area contributed by atoms with Crippen molar-refractivity contribution in [2.45, 2.75) is 13.8 Å². The maximum atomic E-state index is 13.5. The van der Waals surface area contributed by atoms with Gasteiger partial charge in [0.15, 0.2) is 5.82 Å². The van der Waals surface area contributed by atoms with Gasteiger partial charge in [0.1, 0.15) is 5.82 Å². The molecule has 3 N–H and O–H groups in total. The van der Waals surface area contributed by atoms with E-state index in [1.54, 1.807) is 26.0 Å². The number of esters is 1. The third kappa shape index (κ3) is 3.28. The summed E-state index contributed by atoms with van der Waals surface area (Å²) in [6, 6.07) is 6.17. The number of nitrogens with one attached hydrogen (secondary N) is 1. The van der Waals surface area contributed by atoms with Gasteiger partial charge in [-0.3, -0.25) is 0 Å². The summed E-state index contributed by atoms with van der Waals surface area (Å²) in [4.78, 5) is 15.8. The van der Waals surface area contributed by atoms with Gasteiger partial charge in [0.2, 0.25) is 0 Å². The molecule has 0 spiro atoms. The van der Waals surface area contributed by atoms with E-state index in [1.807, 2.05) is 0 Å². The van der Waals surface area contributed by atoms with Crippen molar-refractivity contribution < 1.29 is 13.9 Å². The van der Waals surface area contributed by atoms with E-state index in [9.17, 15) is 9.18 Å². The highest BCUT2D eigenvalue weighted by atomic mass is 19.1. The monoisotopic (exact) mass is 289 g/mol. The van der Waals surface area contributed by atoms with E-state index in [0.29, 0.717) is 11.3 Å². The summed E-state index contributed by atoms with van der Waals surface area (Å²) >= 11 is 0. The third-order valence-corrected chi connectivity index (χ3v) is 2.92. The van der Waals surface area contributed by atoms with Crippen LogP contribution in [-0.2, 0) is 4.74 Å². The van der Waals surface area contributed by atoms with Crippen LogP contribution in [0.1, 0.15) is 22.8 Å². The van der Waals surface area contributed by atoms with Crippen LogP contribution in [-0.4, -0.2) is 17.6 Å². The molecule has 0 bridgehead atoms. The molecule has 110 valence electrons. The second kappa shape index (κ2) is 6.21. The van der Waals surface area contributed by atoms with Crippen molar-refractivity contribution in [3.05, 3.63) is 47.4 Å². The largest absolute Gasteiger partial charge is 0.462 e. The summed E-state index contributed by atoms with van der Waals surface area (Å²) in [5.41, 5.74) is 7.34. The Morgan fingerprint density at radius 3 is 2.86 bits per heavy atom. The first-order chi connectivity index (χ1) is 10.0. The molecular formula is C15H16FN3O2. The van der Waals surface area contributed by atoms with E-state index in [1.165, 1.54) is 18.3 Å². The lowest BCUT2D eigenvalue weighted by molar-refractivity contribution is 0.0527. The molecule has 1 aromatic heterocycles. The van der Waals surface area contributed by atoms with Crippen molar-refractivity contribution in [2.75, 3.05) is 17.7 Å². The molecule has 0 saturated heterocycles. The van der Waals surface area contributed by atoms with Crippen molar-refractivity contribution in [1.29, 1.82) is 0 Å². The van der Waals surface area contributed by atoms with Crippen LogP contribution >= 0.6 is 0 Å². The van der Waals surface area contributed by atoms with Crippen molar-refractivity contribution in [1.82, 2.24) is 4.98 Å². The number of carbonyl (C=O) groups excluding carboxylic acids is 1. The van der Waals surface area contributed by atoms with E-state index >= 15 is 0 Å². The minimum Gasteiger partial charge on any atom is -0.462 e. The smallest absolute Gasteiger partial charge is 0.340 e. The van der Waals surface area contributed by atoms with Gasteiger partial charge in [-0.2, -0.15) is 0 Å². The first-order valence-electron chi connectivity index (χ1n) is 6.47. The summed E-state index contributed by atoms with van der Waals surface area (Å²) in [7, 11) is 0. The van der Waals surface area contributed by atoms with Gasteiger partial charge in [0, 0.05) is 11.9 Å². The zero-order valence-corrected chi connectivity index (χ0v) is 11.8. The molecule has 0 aliphatic heterocycles. The highest BCUT2D eigenvalue weighted by molar-refractivity contribution is 5.98. The van der Waals surface area contributed by atoms with Crippen LogP contribution in [0.2, 0.25) is 0 Å². The molecule has 1 aromatic carbocycles. The van der Waals surface area contributed by atoms with Crippen LogP contribution in [0.3, 0.4) is 0 Å². The number of aryl methyl sites for hydroxylation is 1. The first kappa shape index (κ1) is 14.8. The van der Waals surface area contributed by atoms with Crippen LogP contribution in [0.25, 0.3) is 0 Å². The number of ether oxygens (including phenoxy) is 1. The van der Waals surface area contributed by atoms with Crippen molar-refractivity contribution in [2.24, 2.45) is 0 Å². The van der Waals surface area contributed by atoms with Gasteiger partial charge in [-0.25, -0.2) is 14.2 Å². The average molecular weight is 289 g/mol. The summed E-state index contributed by atoms with van der Waals surface area (Å²) < 4.78 is 18.4. The number of anilines is 3. The zero-order chi connectivity index (χ0) is 15.4. The Balaban J connectivity index is 2.30. The van der Waals surface area contributed by atoms with E-state index in [-0.39, 0.29) is 29.5 Å². The molecule has 0 radical (unpaired) electrons. The minimum absolute atomic E-state index is 0.164. The quantitative estimate of drug-likeness (QED) is 0.846. The predicted molar refractivity (Wildman–Crippen MR) is 79.0 cm³/mol. The van der Waals surface area contributed by atoms with Gasteiger partial charge < -0.3 is 15.8 Å². The highest BCUT2D eigenvalue weighted by Gasteiger charge is 2.14. The summed E-state index contributed by atoms with van der Waals surface area (Å²) in [6.07, 6.45) is 1.44. The van der Waals surface area contributed by atoms with Gasteiger partial charge in [-0.05, 0) is 37.6 Å². The molecule has 0 atom stereocenters. The predicted octanol–water partition coefficient (Wildman–Crippen LogP) is 3.03. The number of nitrogens with zero attached hydrogens (tertiary/aromatic N) is 1. The molecule has 0 unspecified atom stereocenters. The van der Waals surface area contributed by atoms with Crippen LogP contribution < -0.4 is 11.1 Å². The lowest BCUT2D eigenvalue weighted by atomic mass is 10.2. The minimum atomic E-state index is -0.518. The van der Waals surface area contributed by atoms with Crippen molar-refractivity contribution >= 4 is 23.2 Å². The Morgan fingerprint density at radius 1 is 1.43 bits per heavy atom. The molecule has 0 amide bonds. The second-order valence-electron chi connectivity index (χ2n) is 4.43. The van der Waals surface area contributed by atoms with E-state index in [4.69, 9.17) is 10.5 Å². The summed E-state index contributed by atoms with van der Waals surface area (Å²) in [5, 5.41) is 2.89. The van der Waals surface area contributed by atoms with Crippen LogP contribution in [0, 0.1) is 12.7 Å². The number of carbonyl (C=O) groups is 1. The average Bonchev–Trinajstić information content (AvgIpc) is 2.45. The fourth-order valence-corrected chi connectivity index (χ4v) is 1.77. The van der Waals surface area contributed by atoms with Gasteiger partial charge in [-0.15, -0.1) is 0 Å². The van der Waals surface area contributed by atoms with Gasteiger partial charge in [0.05, 0.1) is 17.9 Å². The van der Waals surface area contributed by atoms with Gasteiger partial charge in [-0.1, -0.05) is 6.07 Å². The number of nitrogen functional groups attached to an aromatic ring is 1. The number of benzene rings is 1. The lowest BCUT2D eigenvalue weighted by Crippen LogP contribution is -2.10. The first-order valence-corrected chi connectivity index (χ1v) is 6.47. The number of hydrogen-bond donors (Lipinski definition) is 2. The second-order valence-corrected chi connectivity index (χ2v) is 4.43. The Labute approximate surface area is 121 Å². The molecule has 0 saturated carbocycles. The lowest BCUT2D eigenvalue weighted by Gasteiger charge is -2.11. The number of nitrogens with two attached hydrogens (primary N) is 1. The normalized spacial score (nSPS) is 10.2. The van der Waals surface area contributed by atoms with Crippen LogP contribution in [0.15, 0.2) is 30.5 Å². The molecule has 2 rings (SSSR count). The Hall–Kier alpha value is -2.63. The standard InChI is InChI=1S/C15H16FN3O2/c1-3-21-15(20)11-6-7-18-14(13(11)17)19-10-5-4-9(2)12(16)8-10/h4-8H,3,17H2,1-2H3,(H,18,19). The maximum Gasteiger partial charge on any atom is 0.340 e. The van der Waals surface area contributed by atoms with Crippen LogP contribution in [0.4, 0.5) is 21.6 Å². The molecule has 0 fully saturated rings. The molecule has 0 aliphatic rings. The van der Waals surface area contributed by atoms with E-state index in [2.05, 4.69) is 10.3 Å². The highest BCUT2D eigenvalue weighted by Crippen LogP contribution is 2.25. The molecule has 21 heavy (non-hydrogen) atoms.